The number of benzene rings is 1. The van der Waals surface area contributed by atoms with Crippen molar-refractivity contribution in [2.45, 2.75) is 32.9 Å². The van der Waals surface area contributed by atoms with Gasteiger partial charge in [-0.05, 0) is 35.0 Å². The predicted molar refractivity (Wildman–Crippen MR) is 88.9 cm³/mol. The molecular weight excluding hydrogens is 364 g/mol. The first-order chi connectivity index (χ1) is 11.1. The van der Waals surface area contributed by atoms with Crippen LogP contribution in [0.2, 0.25) is 0 Å². The van der Waals surface area contributed by atoms with E-state index < -0.39 is 5.91 Å². The highest BCUT2D eigenvalue weighted by Crippen LogP contribution is 2.24. The Balaban J connectivity index is 2.06. The lowest BCUT2D eigenvalue weighted by molar-refractivity contribution is -0.119. The molecule has 124 valence electrons. The van der Waals surface area contributed by atoms with Gasteiger partial charge < -0.3 is 15.8 Å². The number of rotatable bonds is 9. The van der Waals surface area contributed by atoms with E-state index in [2.05, 4.69) is 43.7 Å². The van der Waals surface area contributed by atoms with Crippen LogP contribution in [0.15, 0.2) is 22.7 Å². The average Bonchev–Trinajstić information content (AvgIpc) is 2.97. The molecular formula is C14H19BrN6O2. The van der Waals surface area contributed by atoms with Crippen LogP contribution in [0, 0.1) is 0 Å². The van der Waals surface area contributed by atoms with Crippen molar-refractivity contribution in [3.05, 3.63) is 28.2 Å². The Morgan fingerprint density at radius 1 is 1.48 bits per heavy atom. The number of halogens is 1. The lowest BCUT2D eigenvalue weighted by atomic mass is 10.2. The van der Waals surface area contributed by atoms with Gasteiger partial charge in [-0.2, -0.15) is 0 Å². The number of ether oxygens (including phenoxy) is 1. The van der Waals surface area contributed by atoms with Gasteiger partial charge >= 0.3 is 0 Å². The first kappa shape index (κ1) is 17.2. The summed E-state index contributed by atoms with van der Waals surface area (Å²) < 4.78 is 8.06. The van der Waals surface area contributed by atoms with Crippen LogP contribution < -0.4 is 15.8 Å². The van der Waals surface area contributed by atoms with E-state index >= 15 is 0 Å². The van der Waals surface area contributed by atoms with Crippen LogP contribution in [0.5, 0.6) is 5.75 Å². The molecule has 0 saturated carbocycles. The number of carbonyl (C=O) groups is 1. The second kappa shape index (κ2) is 8.47. The van der Waals surface area contributed by atoms with E-state index in [1.807, 2.05) is 12.1 Å². The van der Waals surface area contributed by atoms with Crippen molar-refractivity contribution in [3.8, 4) is 5.75 Å². The van der Waals surface area contributed by atoms with E-state index in [4.69, 9.17) is 10.5 Å². The second-order valence-corrected chi connectivity index (χ2v) is 5.86. The molecule has 0 radical (unpaired) electrons. The molecule has 0 saturated heterocycles. The molecule has 0 atom stereocenters. The second-order valence-electron chi connectivity index (χ2n) is 4.94. The topological polar surface area (TPSA) is 108 Å². The largest absolute Gasteiger partial charge is 0.483 e. The zero-order valence-corrected chi connectivity index (χ0v) is 14.4. The molecule has 0 spiro atoms. The lowest BCUT2D eigenvalue weighted by Gasteiger charge is -2.12. The lowest BCUT2D eigenvalue weighted by Crippen LogP contribution is -2.20. The smallest absolute Gasteiger partial charge is 0.255 e. The molecule has 9 heteroatoms. The summed E-state index contributed by atoms with van der Waals surface area (Å²) in [5.41, 5.74) is 5.99. The van der Waals surface area contributed by atoms with Crippen LogP contribution in [-0.2, 0) is 17.9 Å². The van der Waals surface area contributed by atoms with Gasteiger partial charge in [0.15, 0.2) is 6.61 Å². The fourth-order valence-corrected chi connectivity index (χ4v) is 2.35. The molecule has 8 nitrogen and oxygen atoms in total. The number of nitrogens with two attached hydrogens (primary N) is 1. The van der Waals surface area contributed by atoms with Crippen LogP contribution in [0.4, 0.5) is 5.95 Å². The first-order valence-electron chi connectivity index (χ1n) is 7.29. The van der Waals surface area contributed by atoms with Gasteiger partial charge in [-0.15, -0.1) is 0 Å². The van der Waals surface area contributed by atoms with Gasteiger partial charge in [-0.25, -0.2) is 4.68 Å². The molecule has 3 N–H and O–H groups in total. The third-order valence-electron chi connectivity index (χ3n) is 3.08. The zero-order chi connectivity index (χ0) is 16.7. The van der Waals surface area contributed by atoms with E-state index in [1.165, 1.54) is 0 Å². The number of hydrogen-bond acceptors (Lipinski definition) is 6. The summed E-state index contributed by atoms with van der Waals surface area (Å²) in [4.78, 5) is 10.9. The third kappa shape index (κ3) is 5.20. The number of hydrogen-bond donors (Lipinski definition) is 2. The van der Waals surface area contributed by atoms with Crippen molar-refractivity contribution in [1.82, 2.24) is 20.2 Å². The number of carbonyl (C=O) groups excluding carboxylic acids is 1. The summed E-state index contributed by atoms with van der Waals surface area (Å²) in [6, 6.07) is 5.53. The van der Waals surface area contributed by atoms with Crippen molar-refractivity contribution in [2.75, 3.05) is 11.9 Å². The number of aryl methyl sites for hydroxylation is 1. The Labute approximate surface area is 142 Å². The zero-order valence-electron chi connectivity index (χ0n) is 12.8. The molecule has 0 aliphatic rings. The summed E-state index contributed by atoms with van der Waals surface area (Å²) in [5, 5.41) is 14.8. The third-order valence-corrected chi connectivity index (χ3v) is 3.58. The number of unbranched alkanes of at least 4 members (excludes halogenated alkanes) is 1. The van der Waals surface area contributed by atoms with E-state index in [1.54, 1.807) is 10.7 Å². The standard InChI is InChI=1S/C14H19BrN6O2/c1-2-3-6-21-14(18-19-20-21)17-8-10-7-11(15)4-5-12(10)23-9-13(16)22/h4-5,7H,2-3,6,8-9H2,1H3,(H2,16,22)(H,17,18,20). The molecule has 1 amide bonds. The molecule has 0 unspecified atom stereocenters. The summed E-state index contributed by atoms with van der Waals surface area (Å²) >= 11 is 3.42. The van der Waals surface area contributed by atoms with Crippen LogP contribution in [-0.4, -0.2) is 32.7 Å². The Morgan fingerprint density at radius 2 is 2.30 bits per heavy atom. The minimum atomic E-state index is -0.518. The van der Waals surface area contributed by atoms with E-state index in [9.17, 15) is 4.79 Å². The van der Waals surface area contributed by atoms with Gasteiger partial charge in [-0.1, -0.05) is 34.4 Å². The highest BCUT2D eigenvalue weighted by molar-refractivity contribution is 9.10. The van der Waals surface area contributed by atoms with E-state index in [-0.39, 0.29) is 6.61 Å². The summed E-state index contributed by atoms with van der Waals surface area (Å²) in [6.45, 7) is 3.17. The summed E-state index contributed by atoms with van der Waals surface area (Å²) in [5.74, 6) is 0.668. The maximum Gasteiger partial charge on any atom is 0.255 e. The van der Waals surface area contributed by atoms with Crippen LogP contribution in [0.25, 0.3) is 0 Å². The average molecular weight is 383 g/mol. The molecule has 0 aliphatic carbocycles. The Kier molecular flexibility index (Phi) is 6.33. The van der Waals surface area contributed by atoms with Crippen molar-refractivity contribution >= 4 is 27.8 Å². The van der Waals surface area contributed by atoms with E-state index in [0.717, 1.165) is 29.4 Å². The van der Waals surface area contributed by atoms with Crippen molar-refractivity contribution < 1.29 is 9.53 Å². The molecule has 1 heterocycles. The molecule has 2 aromatic rings. The quantitative estimate of drug-likeness (QED) is 0.683. The number of nitrogens with zero attached hydrogens (tertiary/aromatic N) is 4. The molecule has 1 aromatic heterocycles. The van der Waals surface area contributed by atoms with E-state index in [0.29, 0.717) is 18.2 Å². The van der Waals surface area contributed by atoms with Crippen molar-refractivity contribution in [1.29, 1.82) is 0 Å². The highest BCUT2D eigenvalue weighted by Gasteiger charge is 2.09. The maximum atomic E-state index is 10.9. The van der Waals surface area contributed by atoms with Crippen LogP contribution in [0.3, 0.4) is 0 Å². The number of anilines is 1. The fourth-order valence-electron chi connectivity index (χ4n) is 1.94. The molecule has 0 fully saturated rings. The number of tetrazole rings is 1. The summed E-state index contributed by atoms with van der Waals surface area (Å²) in [7, 11) is 0. The summed E-state index contributed by atoms with van der Waals surface area (Å²) in [6.07, 6.45) is 2.07. The van der Waals surface area contributed by atoms with Gasteiger partial charge in [0.05, 0.1) is 0 Å². The van der Waals surface area contributed by atoms with Crippen LogP contribution >= 0.6 is 15.9 Å². The van der Waals surface area contributed by atoms with Crippen molar-refractivity contribution in [2.24, 2.45) is 5.73 Å². The van der Waals surface area contributed by atoms with Crippen LogP contribution in [0.1, 0.15) is 25.3 Å². The number of primary amides is 1. The fraction of sp³-hybridized carbons (Fsp3) is 0.429. The monoisotopic (exact) mass is 382 g/mol. The minimum Gasteiger partial charge on any atom is -0.483 e. The Morgan fingerprint density at radius 3 is 3.04 bits per heavy atom. The molecule has 23 heavy (non-hydrogen) atoms. The molecule has 2 rings (SSSR count). The number of aromatic nitrogens is 4. The molecule has 1 aromatic carbocycles. The highest BCUT2D eigenvalue weighted by atomic mass is 79.9. The Bertz CT molecular complexity index is 660. The SMILES string of the molecule is CCCCn1nnnc1NCc1cc(Br)ccc1OCC(N)=O. The number of amides is 1. The normalized spacial score (nSPS) is 10.5. The predicted octanol–water partition coefficient (Wildman–Crippen LogP) is 1.71. The van der Waals surface area contributed by atoms with Gasteiger partial charge in [0, 0.05) is 23.1 Å². The van der Waals surface area contributed by atoms with Gasteiger partial charge in [0.1, 0.15) is 5.75 Å². The molecule has 0 bridgehead atoms. The minimum absolute atomic E-state index is 0.164. The van der Waals surface area contributed by atoms with Crippen molar-refractivity contribution in [3.63, 3.8) is 0 Å². The molecule has 0 aliphatic heterocycles. The van der Waals surface area contributed by atoms with Gasteiger partial charge in [-0.3, -0.25) is 4.79 Å². The first-order valence-corrected chi connectivity index (χ1v) is 8.09. The van der Waals surface area contributed by atoms with Gasteiger partial charge in [0.25, 0.3) is 5.91 Å². The number of nitrogens with one attached hydrogen (secondary N) is 1. The van der Waals surface area contributed by atoms with Gasteiger partial charge in [0.2, 0.25) is 5.95 Å². The maximum absolute atomic E-state index is 10.9. The Hall–Kier alpha value is -2.16.